The number of benzene rings is 1. The second kappa shape index (κ2) is 5.72. The zero-order valence-corrected chi connectivity index (χ0v) is 12.9. The maximum Gasteiger partial charge on any atom is 0.226 e. The van der Waals surface area contributed by atoms with Crippen molar-refractivity contribution in [1.82, 2.24) is 4.98 Å². The average molecular weight is 279 g/mol. The number of aromatic nitrogens is 1. The van der Waals surface area contributed by atoms with Gasteiger partial charge in [0.15, 0.2) is 0 Å². The lowest BCUT2D eigenvalue weighted by Crippen LogP contribution is -1.97. The molecular formula is C19H21NO. The lowest BCUT2D eigenvalue weighted by molar-refractivity contribution is 0.603. The molecule has 0 amide bonds. The molecule has 2 heterocycles. The third-order valence-corrected chi connectivity index (χ3v) is 4.17. The van der Waals surface area contributed by atoms with E-state index in [4.69, 9.17) is 4.42 Å². The SMILES string of the molecule is CCC(CC)c1cc(C)cc(-c2ccc3ccoc3n2)c1. The van der Waals surface area contributed by atoms with E-state index in [0.29, 0.717) is 11.6 Å². The molecule has 3 rings (SSSR count). The lowest BCUT2D eigenvalue weighted by Gasteiger charge is -2.15. The van der Waals surface area contributed by atoms with Crippen molar-refractivity contribution in [3.63, 3.8) is 0 Å². The van der Waals surface area contributed by atoms with Crippen LogP contribution in [0.15, 0.2) is 47.1 Å². The minimum atomic E-state index is 0.621. The first-order chi connectivity index (χ1) is 10.2. The largest absolute Gasteiger partial charge is 0.446 e. The number of hydrogen-bond donors (Lipinski definition) is 0. The van der Waals surface area contributed by atoms with Gasteiger partial charge in [-0.05, 0) is 61.6 Å². The molecule has 0 saturated heterocycles. The van der Waals surface area contributed by atoms with Crippen LogP contribution < -0.4 is 0 Å². The average Bonchev–Trinajstić information content (AvgIpc) is 2.95. The monoisotopic (exact) mass is 279 g/mol. The number of furan rings is 1. The Kier molecular flexibility index (Phi) is 3.78. The van der Waals surface area contributed by atoms with Gasteiger partial charge in [-0.15, -0.1) is 0 Å². The second-order valence-corrected chi connectivity index (χ2v) is 5.66. The smallest absolute Gasteiger partial charge is 0.226 e. The molecule has 0 aliphatic carbocycles. The van der Waals surface area contributed by atoms with Gasteiger partial charge in [-0.25, -0.2) is 4.98 Å². The Morgan fingerprint density at radius 1 is 1.05 bits per heavy atom. The topological polar surface area (TPSA) is 26.0 Å². The van der Waals surface area contributed by atoms with E-state index >= 15 is 0 Å². The summed E-state index contributed by atoms with van der Waals surface area (Å²) in [5, 5.41) is 1.05. The molecule has 0 spiro atoms. The van der Waals surface area contributed by atoms with Crippen molar-refractivity contribution in [2.75, 3.05) is 0 Å². The van der Waals surface area contributed by atoms with Gasteiger partial charge in [0.25, 0.3) is 0 Å². The molecule has 2 heteroatoms. The molecule has 21 heavy (non-hydrogen) atoms. The summed E-state index contributed by atoms with van der Waals surface area (Å²) >= 11 is 0. The quantitative estimate of drug-likeness (QED) is 0.611. The molecule has 0 aliphatic heterocycles. The summed E-state index contributed by atoms with van der Waals surface area (Å²) in [4.78, 5) is 4.63. The van der Waals surface area contributed by atoms with Crippen LogP contribution in [0.25, 0.3) is 22.4 Å². The fourth-order valence-electron chi connectivity index (χ4n) is 2.96. The standard InChI is InChI=1S/C19H21NO/c1-4-14(5-2)16-10-13(3)11-17(12-16)18-7-6-15-8-9-21-19(15)20-18/h6-12,14H,4-5H2,1-3H3. The number of nitrogens with zero attached hydrogens (tertiary/aromatic N) is 1. The summed E-state index contributed by atoms with van der Waals surface area (Å²) in [6.07, 6.45) is 4.03. The lowest BCUT2D eigenvalue weighted by atomic mass is 9.90. The van der Waals surface area contributed by atoms with Crippen LogP contribution in [0.4, 0.5) is 0 Å². The van der Waals surface area contributed by atoms with E-state index in [1.807, 2.05) is 6.07 Å². The number of aryl methyl sites for hydroxylation is 1. The minimum absolute atomic E-state index is 0.621. The van der Waals surface area contributed by atoms with Crippen LogP contribution in [0.2, 0.25) is 0 Å². The molecule has 1 aromatic carbocycles. The van der Waals surface area contributed by atoms with E-state index in [1.54, 1.807) is 6.26 Å². The molecule has 2 aromatic heterocycles. The predicted molar refractivity (Wildman–Crippen MR) is 87.5 cm³/mol. The molecule has 0 radical (unpaired) electrons. The summed E-state index contributed by atoms with van der Waals surface area (Å²) < 4.78 is 5.42. The van der Waals surface area contributed by atoms with Crippen molar-refractivity contribution in [1.29, 1.82) is 0 Å². The van der Waals surface area contributed by atoms with Gasteiger partial charge in [-0.1, -0.05) is 25.5 Å². The van der Waals surface area contributed by atoms with E-state index in [-0.39, 0.29) is 0 Å². The van der Waals surface area contributed by atoms with Crippen molar-refractivity contribution in [2.24, 2.45) is 0 Å². The predicted octanol–water partition coefficient (Wildman–Crippen LogP) is 5.71. The van der Waals surface area contributed by atoms with E-state index in [1.165, 1.54) is 29.5 Å². The highest BCUT2D eigenvalue weighted by atomic mass is 16.3. The van der Waals surface area contributed by atoms with Gasteiger partial charge >= 0.3 is 0 Å². The van der Waals surface area contributed by atoms with Crippen molar-refractivity contribution >= 4 is 11.1 Å². The highest BCUT2D eigenvalue weighted by Crippen LogP contribution is 2.29. The van der Waals surface area contributed by atoms with Crippen LogP contribution in [0.5, 0.6) is 0 Å². The Bertz CT molecular complexity index is 753. The van der Waals surface area contributed by atoms with Gasteiger partial charge in [0.1, 0.15) is 0 Å². The van der Waals surface area contributed by atoms with Crippen LogP contribution in [0.1, 0.15) is 43.7 Å². The van der Waals surface area contributed by atoms with Gasteiger partial charge in [0, 0.05) is 10.9 Å². The number of pyridine rings is 1. The van der Waals surface area contributed by atoms with E-state index < -0.39 is 0 Å². The summed E-state index contributed by atoms with van der Waals surface area (Å²) in [6, 6.07) is 12.9. The van der Waals surface area contributed by atoms with E-state index in [2.05, 4.69) is 56.1 Å². The molecule has 3 aromatic rings. The fraction of sp³-hybridized carbons (Fsp3) is 0.316. The number of rotatable bonds is 4. The summed E-state index contributed by atoms with van der Waals surface area (Å²) in [5.41, 5.74) is 5.56. The van der Waals surface area contributed by atoms with Crippen molar-refractivity contribution in [2.45, 2.75) is 39.5 Å². The van der Waals surface area contributed by atoms with E-state index in [9.17, 15) is 0 Å². The Morgan fingerprint density at radius 2 is 1.86 bits per heavy atom. The highest BCUT2D eigenvalue weighted by molar-refractivity contribution is 5.77. The van der Waals surface area contributed by atoms with E-state index in [0.717, 1.165) is 11.1 Å². The van der Waals surface area contributed by atoms with Crippen LogP contribution in [-0.2, 0) is 0 Å². The zero-order chi connectivity index (χ0) is 14.8. The molecule has 108 valence electrons. The fourth-order valence-corrected chi connectivity index (χ4v) is 2.96. The minimum Gasteiger partial charge on any atom is -0.446 e. The van der Waals surface area contributed by atoms with Crippen molar-refractivity contribution in [3.05, 3.63) is 53.8 Å². The molecular weight excluding hydrogens is 258 g/mol. The first kappa shape index (κ1) is 13.9. The van der Waals surface area contributed by atoms with Gasteiger partial charge < -0.3 is 4.42 Å². The maximum atomic E-state index is 5.42. The number of hydrogen-bond acceptors (Lipinski definition) is 2. The molecule has 0 bridgehead atoms. The Balaban J connectivity index is 2.08. The first-order valence-electron chi connectivity index (χ1n) is 7.67. The summed E-state index contributed by atoms with van der Waals surface area (Å²) in [6.45, 7) is 6.66. The summed E-state index contributed by atoms with van der Waals surface area (Å²) in [5.74, 6) is 0.621. The molecule has 0 aliphatic rings. The highest BCUT2D eigenvalue weighted by Gasteiger charge is 2.11. The third kappa shape index (κ3) is 2.71. The summed E-state index contributed by atoms with van der Waals surface area (Å²) in [7, 11) is 0. The Morgan fingerprint density at radius 3 is 2.62 bits per heavy atom. The molecule has 0 atom stereocenters. The number of fused-ring (bicyclic) bond motifs is 1. The van der Waals surface area contributed by atoms with Crippen molar-refractivity contribution < 1.29 is 4.42 Å². The molecule has 0 unspecified atom stereocenters. The van der Waals surface area contributed by atoms with Gasteiger partial charge in [-0.2, -0.15) is 0 Å². The second-order valence-electron chi connectivity index (χ2n) is 5.66. The van der Waals surface area contributed by atoms with Crippen LogP contribution in [0.3, 0.4) is 0 Å². The zero-order valence-electron chi connectivity index (χ0n) is 12.9. The van der Waals surface area contributed by atoms with Crippen LogP contribution in [0, 0.1) is 6.92 Å². The normalized spacial score (nSPS) is 11.4. The molecule has 0 fully saturated rings. The maximum absolute atomic E-state index is 5.42. The Hall–Kier alpha value is -2.09. The van der Waals surface area contributed by atoms with Crippen molar-refractivity contribution in [3.8, 4) is 11.3 Å². The van der Waals surface area contributed by atoms with Crippen LogP contribution in [-0.4, -0.2) is 4.98 Å². The van der Waals surface area contributed by atoms with Gasteiger partial charge in [-0.3, -0.25) is 0 Å². The van der Waals surface area contributed by atoms with Gasteiger partial charge in [0.05, 0.1) is 12.0 Å². The Labute approximate surface area is 125 Å². The van der Waals surface area contributed by atoms with Crippen LogP contribution >= 0.6 is 0 Å². The van der Waals surface area contributed by atoms with Gasteiger partial charge in [0.2, 0.25) is 5.71 Å². The molecule has 0 saturated carbocycles. The third-order valence-electron chi connectivity index (χ3n) is 4.17. The molecule has 0 N–H and O–H groups in total. The first-order valence-corrected chi connectivity index (χ1v) is 7.67. The molecule has 2 nitrogen and oxygen atoms in total.